The maximum Gasteiger partial charge on any atom is 0.338 e. The number of esters is 1. The number of fused-ring (bicyclic) bond motifs is 3. The zero-order chi connectivity index (χ0) is 20.5. The summed E-state index contributed by atoms with van der Waals surface area (Å²) in [7, 11) is 0. The number of hydrogen-bond acceptors (Lipinski definition) is 7. The Kier molecular flexibility index (Phi) is 5.56. The van der Waals surface area contributed by atoms with Crippen molar-refractivity contribution in [1.29, 1.82) is 0 Å². The van der Waals surface area contributed by atoms with Crippen molar-refractivity contribution in [3.8, 4) is 5.75 Å². The van der Waals surface area contributed by atoms with Gasteiger partial charge in [-0.2, -0.15) is 0 Å². The van der Waals surface area contributed by atoms with Crippen LogP contribution < -0.4 is 4.74 Å². The van der Waals surface area contributed by atoms with Gasteiger partial charge in [-0.1, -0.05) is 24.3 Å². The Bertz CT molecular complexity index is 879. The number of carbonyl (C=O) groups is 1. The van der Waals surface area contributed by atoms with E-state index in [1.54, 1.807) is 6.07 Å². The molecule has 0 bridgehead atoms. The summed E-state index contributed by atoms with van der Waals surface area (Å²) in [6, 6.07) is 13.2. The molecule has 1 fully saturated rings. The van der Waals surface area contributed by atoms with Crippen molar-refractivity contribution in [2.24, 2.45) is 0 Å². The highest BCUT2D eigenvalue weighted by atomic mass is 16.6. The molecular weight excluding hydrogens is 376 g/mol. The maximum atomic E-state index is 12.4. The van der Waals surface area contributed by atoms with Crippen LogP contribution in [0.15, 0.2) is 42.5 Å². The molecule has 2 aromatic rings. The van der Waals surface area contributed by atoms with E-state index in [1.165, 1.54) is 0 Å². The van der Waals surface area contributed by atoms with Crippen LogP contribution in [0.3, 0.4) is 0 Å². The fraction of sp³-hybridized carbons (Fsp3) is 0.409. The van der Waals surface area contributed by atoms with Crippen LogP contribution in [0.5, 0.6) is 5.75 Å². The molecule has 5 unspecified atom stereocenters. The van der Waals surface area contributed by atoms with E-state index in [2.05, 4.69) is 0 Å². The molecule has 5 atom stereocenters. The van der Waals surface area contributed by atoms with E-state index in [-0.39, 0.29) is 0 Å². The van der Waals surface area contributed by atoms with Crippen LogP contribution >= 0.6 is 0 Å². The molecule has 2 aliphatic rings. The van der Waals surface area contributed by atoms with E-state index < -0.39 is 43.1 Å². The SMILES string of the molecule is CCOc1ccc(Cc2ccc3c(c2)C2OC(CO)C(O)C(O)C2OC3=O)cc1. The summed E-state index contributed by atoms with van der Waals surface area (Å²) in [5, 5.41) is 29.9. The van der Waals surface area contributed by atoms with Crippen LogP contribution in [-0.2, 0) is 15.9 Å². The van der Waals surface area contributed by atoms with Crippen molar-refractivity contribution in [1.82, 2.24) is 0 Å². The van der Waals surface area contributed by atoms with Crippen molar-refractivity contribution >= 4 is 5.97 Å². The molecule has 4 rings (SSSR count). The van der Waals surface area contributed by atoms with Crippen molar-refractivity contribution < 1.29 is 34.3 Å². The van der Waals surface area contributed by atoms with Gasteiger partial charge in [-0.3, -0.25) is 0 Å². The second-order valence-electron chi connectivity index (χ2n) is 7.30. The van der Waals surface area contributed by atoms with Crippen LogP contribution in [0, 0.1) is 0 Å². The predicted molar refractivity (Wildman–Crippen MR) is 103 cm³/mol. The molecule has 3 N–H and O–H groups in total. The van der Waals surface area contributed by atoms with Gasteiger partial charge in [-0.05, 0) is 48.2 Å². The molecule has 0 saturated carbocycles. The number of ether oxygens (including phenoxy) is 3. The molecule has 7 heteroatoms. The highest BCUT2D eigenvalue weighted by molar-refractivity contribution is 5.92. The number of rotatable bonds is 5. The molecule has 0 aromatic heterocycles. The summed E-state index contributed by atoms with van der Waals surface area (Å²) in [6.07, 6.45) is -4.75. The predicted octanol–water partition coefficient (Wildman–Crippen LogP) is 1.37. The lowest BCUT2D eigenvalue weighted by atomic mass is 9.85. The molecule has 7 nitrogen and oxygen atoms in total. The maximum absolute atomic E-state index is 12.4. The summed E-state index contributed by atoms with van der Waals surface area (Å²) >= 11 is 0. The molecule has 2 aliphatic heterocycles. The van der Waals surface area contributed by atoms with Crippen molar-refractivity contribution in [3.05, 3.63) is 64.7 Å². The smallest absolute Gasteiger partial charge is 0.338 e. The van der Waals surface area contributed by atoms with Crippen molar-refractivity contribution in [2.75, 3.05) is 13.2 Å². The molecule has 29 heavy (non-hydrogen) atoms. The van der Waals surface area contributed by atoms with Crippen LogP contribution in [0.25, 0.3) is 0 Å². The Morgan fingerprint density at radius 3 is 2.45 bits per heavy atom. The van der Waals surface area contributed by atoms with E-state index in [0.29, 0.717) is 24.2 Å². The normalized spacial score (nSPS) is 28.3. The Hall–Kier alpha value is -2.45. The standard InChI is InChI=1S/C22H24O7/c1-2-27-14-6-3-12(4-7-14)9-13-5-8-15-16(10-13)20-21(29-22(15)26)19(25)18(24)17(11-23)28-20/h3-8,10,17-21,23-25H,2,9,11H2,1H3. The van der Waals surface area contributed by atoms with Gasteiger partial charge < -0.3 is 29.5 Å². The number of hydrogen-bond donors (Lipinski definition) is 3. The molecule has 0 radical (unpaired) electrons. The van der Waals surface area contributed by atoms with E-state index in [1.807, 2.05) is 43.3 Å². The second-order valence-corrected chi connectivity index (χ2v) is 7.30. The molecular formula is C22H24O7. The average molecular weight is 400 g/mol. The first-order chi connectivity index (χ1) is 14.0. The van der Waals surface area contributed by atoms with E-state index >= 15 is 0 Å². The third kappa shape index (κ3) is 3.74. The fourth-order valence-electron chi connectivity index (χ4n) is 3.91. The zero-order valence-electron chi connectivity index (χ0n) is 16.0. The molecule has 0 amide bonds. The van der Waals surface area contributed by atoms with Gasteiger partial charge in [-0.15, -0.1) is 0 Å². The quantitative estimate of drug-likeness (QED) is 0.651. The number of aliphatic hydroxyl groups is 3. The number of benzene rings is 2. The molecule has 2 heterocycles. The Morgan fingerprint density at radius 2 is 1.76 bits per heavy atom. The summed E-state index contributed by atoms with van der Waals surface area (Å²) in [5.74, 6) is 0.247. The second kappa shape index (κ2) is 8.12. The number of aliphatic hydroxyl groups excluding tert-OH is 3. The first-order valence-corrected chi connectivity index (χ1v) is 9.69. The third-order valence-electron chi connectivity index (χ3n) is 5.40. The average Bonchev–Trinajstić information content (AvgIpc) is 2.73. The fourth-order valence-corrected chi connectivity index (χ4v) is 3.91. The molecule has 1 saturated heterocycles. The largest absolute Gasteiger partial charge is 0.494 e. The highest BCUT2D eigenvalue weighted by Crippen LogP contribution is 2.40. The van der Waals surface area contributed by atoms with Gasteiger partial charge in [0.2, 0.25) is 0 Å². The Labute approximate surface area is 168 Å². The van der Waals surface area contributed by atoms with E-state index in [4.69, 9.17) is 14.2 Å². The van der Waals surface area contributed by atoms with Gasteiger partial charge in [0, 0.05) is 0 Å². The molecule has 0 spiro atoms. The minimum atomic E-state index is -1.34. The van der Waals surface area contributed by atoms with Crippen LogP contribution in [0.4, 0.5) is 0 Å². The van der Waals surface area contributed by atoms with Crippen LogP contribution in [0.1, 0.15) is 40.1 Å². The minimum absolute atomic E-state index is 0.363. The zero-order valence-corrected chi connectivity index (χ0v) is 16.0. The van der Waals surface area contributed by atoms with Crippen LogP contribution in [-0.4, -0.2) is 58.9 Å². The van der Waals surface area contributed by atoms with Gasteiger partial charge in [-0.25, -0.2) is 4.79 Å². The van der Waals surface area contributed by atoms with Gasteiger partial charge in [0.25, 0.3) is 0 Å². The highest BCUT2D eigenvalue weighted by Gasteiger charge is 2.50. The van der Waals surface area contributed by atoms with Crippen LogP contribution in [0.2, 0.25) is 0 Å². The lowest BCUT2D eigenvalue weighted by Gasteiger charge is -2.44. The van der Waals surface area contributed by atoms with E-state index in [0.717, 1.165) is 16.9 Å². The van der Waals surface area contributed by atoms with Crippen molar-refractivity contribution in [3.63, 3.8) is 0 Å². The minimum Gasteiger partial charge on any atom is -0.494 e. The summed E-state index contributed by atoms with van der Waals surface area (Å²) < 4.78 is 16.6. The Balaban J connectivity index is 1.62. The molecule has 2 aromatic carbocycles. The number of carbonyl (C=O) groups excluding carboxylic acids is 1. The van der Waals surface area contributed by atoms with Crippen molar-refractivity contribution in [2.45, 2.75) is 43.9 Å². The molecule has 0 aliphatic carbocycles. The van der Waals surface area contributed by atoms with E-state index in [9.17, 15) is 20.1 Å². The summed E-state index contributed by atoms with van der Waals surface area (Å²) in [4.78, 5) is 12.4. The van der Waals surface area contributed by atoms with Gasteiger partial charge in [0.05, 0.1) is 18.8 Å². The lowest BCUT2D eigenvalue weighted by Crippen LogP contribution is -2.58. The van der Waals surface area contributed by atoms with Gasteiger partial charge in [0.15, 0.2) is 6.10 Å². The molecule has 154 valence electrons. The van der Waals surface area contributed by atoms with Gasteiger partial charge in [0.1, 0.15) is 30.2 Å². The first kappa shape index (κ1) is 19.8. The first-order valence-electron chi connectivity index (χ1n) is 9.69. The van der Waals surface area contributed by atoms with Gasteiger partial charge >= 0.3 is 5.97 Å². The lowest BCUT2D eigenvalue weighted by molar-refractivity contribution is -0.234. The summed E-state index contributed by atoms with van der Waals surface area (Å²) in [6.45, 7) is 2.10. The topological polar surface area (TPSA) is 105 Å². The Morgan fingerprint density at radius 1 is 1.03 bits per heavy atom. The monoisotopic (exact) mass is 400 g/mol. The summed E-state index contributed by atoms with van der Waals surface area (Å²) in [5.41, 5.74) is 3.00. The third-order valence-corrected chi connectivity index (χ3v) is 5.40.